The predicted octanol–water partition coefficient (Wildman–Crippen LogP) is 0.0125. The first kappa shape index (κ1) is 9.57. The molecule has 0 saturated carbocycles. The van der Waals surface area contributed by atoms with Crippen molar-refractivity contribution in [2.24, 2.45) is 7.05 Å². The smallest absolute Gasteiger partial charge is 0.274 e. The number of carbonyl (C=O) groups is 1. The van der Waals surface area contributed by atoms with E-state index in [1.54, 1.807) is 28.1 Å². The third-order valence-electron chi connectivity index (χ3n) is 1.95. The quantitative estimate of drug-likeness (QED) is 0.665. The van der Waals surface area contributed by atoms with Crippen molar-refractivity contribution in [1.82, 2.24) is 14.7 Å². The Morgan fingerprint density at radius 3 is 2.38 bits per heavy atom. The van der Waals surface area contributed by atoms with Gasteiger partial charge in [0, 0.05) is 26.7 Å². The molecule has 2 N–H and O–H groups in total. The second-order valence-electron chi connectivity index (χ2n) is 3.18. The third kappa shape index (κ3) is 1.49. The molecule has 13 heavy (non-hydrogen) atoms. The van der Waals surface area contributed by atoms with Gasteiger partial charge < -0.3 is 10.6 Å². The Labute approximate surface area is 77.1 Å². The van der Waals surface area contributed by atoms with Gasteiger partial charge in [-0.2, -0.15) is 5.10 Å². The van der Waals surface area contributed by atoms with Crippen LogP contribution in [0, 0.1) is 6.92 Å². The molecule has 1 aromatic rings. The van der Waals surface area contributed by atoms with Gasteiger partial charge in [-0.05, 0) is 6.92 Å². The van der Waals surface area contributed by atoms with Crippen molar-refractivity contribution in [2.75, 3.05) is 19.8 Å². The Kier molecular flexibility index (Phi) is 2.27. The lowest BCUT2D eigenvalue weighted by Gasteiger charge is -2.07. The van der Waals surface area contributed by atoms with Crippen molar-refractivity contribution in [1.29, 1.82) is 0 Å². The van der Waals surface area contributed by atoms with E-state index in [1.807, 2.05) is 0 Å². The standard InChI is InChI=1S/C8H14N4O/c1-5-6(8(13)11(2)3)10-12(4)7(5)9/h9H2,1-4H3. The van der Waals surface area contributed by atoms with Gasteiger partial charge in [0.1, 0.15) is 5.82 Å². The Morgan fingerprint density at radius 1 is 1.54 bits per heavy atom. The third-order valence-corrected chi connectivity index (χ3v) is 1.95. The van der Waals surface area contributed by atoms with E-state index in [-0.39, 0.29) is 5.91 Å². The molecule has 0 saturated heterocycles. The average Bonchev–Trinajstić information content (AvgIpc) is 2.31. The molecule has 1 rings (SSSR count). The van der Waals surface area contributed by atoms with E-state index in [1.165, 1.54) is 9.58 Å². The van der Waals surface area contributed by atoms with Crippen molar-refractivity contribution in [2.45, 2.75) is 6.92 Å². The average molecular weight is 182 g/mol. The molecule has 0 bridgehead atoms. The van der Waals surface area contributed by atoms with Crippen LogP contribution in [0.1, 0.15) is 16.1 Å². The van der Waals surface area contributed by atoms with E-state index in [0.29, 0.717) is 11.5 Å². The van der Waals surface area contributed by atoms with Gasteiger partial charge in [0.15, 0.2) is 5.69 Å². The molecule has 0 fully saturated rings. The van der Waals surface area contributed by atoms with Gasteiger partial charge in [-0.1, -0.05) is 0 Å². The lowest BCUT2D eigenvalue weighted by atomic mass is 10.2. The number of hydrogen-bond donors (Lipinski definition) is 1. The predicted molar refractivity (Wildman–Crippen MR) is 50.4 cm³/mol. The lowest BCUT2D eigenvalue weighted by Crippen LogP contribution is -2.23. The van der Waals surface area contributed by atoms with Crippen LogP contribution in [0.3, 0.4) is 0 Å². The molecule has 1 aromatic heterocycles. The first-order valence-electron chi connectivity index (χ1n) is 3.96. The maximum absolute atomic E-state index is 11.5. The molecule has 0 aliphatic heterocycles. The van der Waals surface area contributed by atoms with Gasteiger partial charge in [0.05, 0.1) is 0 Å². The van der Waals surface area contributed by atoms with Crippen LogP contribution in [0.25, 0.3) is 0 Å². The first-order chi connectivity index (χ1) is 5.95. The summed E-state index contributed by atoms with van der Waals surface area (Å²) in [4.78, 5) is 13.0. The lowest BCUT2D eigenvalue weighted by molar-refractivity contribution is 0.0820. The number of nitrogens with zero attached hydrogens (tertiary/aromatic N) is 3. The van der Waals surface area contributed by atoms with Gasteiger partial charge in [0.25, 0.3) is 5.91 Å². The molecule has 0 aliphatic carbocycles. The molecule has 0 aromatic carbocycles. The fraction of sp³-hybridized carbons (Fsp3) is 0.500. The number of aryl methyl sites for hydroxylation is 1. The number of rotatable bonds is 1. The summed E-state index contributed by atoms with van der Waals surface area (Å²) < 4.78 is 1.51. The van der Waals surface area contributed by atoms with Crippen molar-refractivity contribution in [3.63, 3.8) is 0 Å². The van der Waals surface area contributed by atoms with Crippen LogP contribution in [0.15, 0.2) is 0 Å². The molecule has 0 unspecified atom stereocenters. The number of nitrogen functional groups attached to an aromatic ring is 1. The number of aromatic nitrogens is 2. The van der Waals surface area contributed by atoms with Crippen molar-refractivity contribution in [3.05, 3.63) is 11.3 Å². The van der Waals surface area contributed by atoms with E-state index in [0.717, 1.165) is 5.56 Å². The van der Waals surface area contributed by atoms with Gasteiger partial charge in [-0.15, -0.1) is 0 Å². The summed E-state index contributed by atoms with van der Waals surface area (Å²) in [6, 6.07) is 0. The molecule has 72 valence electrons. The highest BCUT2D eigenvalue weighted by Crippen LogP contribution is 2.14. The molecular formula is C8H14N4O. The zero-order valence-corrected chi connectivity index (χ0v) is 8.33. The number of hydrogen-bond acceptors (Lipinski definition) is 3. The van der Waals surface area contributed by atoms with Gasteiger partial charge >= 0.3 is 0 Å². The topological polar surface area (TPSA) is 64.2 Å². The molecule has 1 amide bonds. The highest BCUT2D eigenvalue weighted by Gasteiger charge is 2.17. The second kappa shape index (κ2) is 3.08. The van der Waals surface area contributed by atoms with Crippen LogP contribution in [0.2, 0.25) is 0 Å². The summed E-state index contributed by atoms with van der Waals surface area (Å²) in [5.74, 6) is 0.412. The maximum Gasteiger partial charge on any atom is 0.274 e. The van der Waals surface area contributed by atoms with E-state index >= 15 is 0 Å². The molecule has 0 atom stereocenters. The Morgan fingerprint density at radius 2 is 2.08 bits per heavy atom. The summed E-state index contributed by atoms with van der Waals surface area (Å²) in [5.41, 5.74) is 6.83. The van der Waals surface area contributed by atoms with Crippen LogP contribution in [0.4, 0.5) is 5.82 Å². The maximum atomic E-state index is 11.5. The molecule has 5 heteroatoms. The van der Waals surface area contributed by atoms with Crippen LogP contribution in [-0.2, 0) is 7.05 Å². The largest absolute Gasteiger partial charge is 0.384 e. The first-order valence-corrected chi connectivity index (χ1v) is 3.96. The summed E-state index contributed by atoms with van der Waals surface area (Å²) in [7, 11) is 5.09. The zero-order valence-electron chi connectivity index (χ0n) is 8.33. The van der Waals surface area contributed by atoms with E-state index < -0.39 is 0 Å². The number of amides is 1. The number of carbonyl (C=O) groups excluding carboxylic acids is 1. The minimum absolute atomic E-state index is 0.121. The van der Waals surface area contributed by atoms with Crippen LogP contribution < -0.4 is 5.73 Å². The zero-order chi connectivity index (χ0) is 10.2. The summed E-state index contributed by atoms with van der Waals surface area (Å²) in [5, 5.41) is 4.03. The van der Waals surface area contributed by atoms with E-state index in [4.69, 9.17) is 5.73 Å². The van der Waals surface area contributed by atoms with Crippen LogP contribution in [0.5, 0.6) is 0 Å². The SMILES string of the molecule is Cc1c(C(=O)N(C)C)nn(C)c1N. The normalized spacial score (nSPS) is 10.2. The van der Waals surface area contributed by atoms with Crippen LogP contribution >= 0.6 is 0 Å². The number of anilines is 1. The van der Waals surface area contributed by atoms with Crippen molar-refractivity contribution >= 4 is 11.7 Å². The Balaban J connectivity index is 3.16. The highest BCUT2D eigenvalue weighted by molar-refractivity contribution is 5.94. The summed E-state index contributed by atoms with van der Waals surface area (Å²) >= 11 is 0. The fourth-order valence-electron chi connectivity index (χ4n) is 1.06. The van der Waals surface area contributed by atoms with Gasteiger partial charge in [-0.25, -0.2) is 0 Å². The summed E-state index contributed by atoms with van der Waals surface area (Å²) in [6.45, 7) is 1.79. The van der Waals surface area contributed by atoms with Crippen molar-refractivity contribution in [3.8, 4) is 0 Å². The monoisotopic (exact) mass is 182 g/mol. The highest BCUT2D eigenvalue weighted by atomic mass is 16.2. The molecule has 1 heterocycles. The molecule has 5 nitrogen and oxygen atoms in total. The minimum atomic E-state index is -0.121. The Hall–Kier alpha value is -1.52. The van der Waals surface area contributed by atoms with Gasteiger partial charge in [-0.3, -0.25) is 9.48 Å². The summed E-state index contributed by atoms with van der Waals surface area (Å²) in [6.07, 6.45) is 0. The fourth-order valence-corrected chi connectivity index (χ4v) is 1.06. The molecule has 0 aliphatic rings. The minimum Gasteiger partial charge on any atom is -0.384 e. The van der Waals surface area contributed by atoms with E-state index in [2.05, 4.69) is 5.10 Å². The Bertz CT molecular complexity index is 340. The molecule has 0 radical (unpaired) electrons. The van der Waals surface area contributed by atoms with Gasteiger partial charge in [0.2, 0.25) is 0 Å². The molecular weight excluding hydrogens is 168 g/mol. The number of nitrogens with two attached hydrogens (primary N) is 1. The van der Waals surface area contributed by atoms with Crippen molar-refractivity contribution < 1.29 is 4.79 Å². The van der Waals surface area contributed by atoms with E-state index in [9.17, 15) is 4.79 Å². The van der Waals surface area contributed by atoms with Crippen LogP contribution in [-0.4, -0.2) is 34.7 Å². The second-order valence-corrected chi connectivity index (χ2v) is 3.18. The molecule has 0 spiro atoms.